The molecule has 5 rings (SSSR count). The number of ether oxygens (including phenoxy) is 2. The minimum absolute atomic E-state index is 0.175. The highest BCUT2D eigenvalue weighted by atomic mass is 16.7. The summed E-state index contributed by atoms with van der Waals surface area (Å²) in [5.74, 6) is -0.153. The summed E-state index contributed by atoms with van der Waals surface area (Å²) in [6.07, 6.45) is 5.08. The Hall–Kier alpha value is -3.55. The number of hydrogen-bond donors (Lipinski definition) is 1. The van der Waals surface area contributed by atoms with Crippen molar-refractivity contribution in [3.8, 4) is 23.0 Å². The van der Waals surface area contributed by atoms with Crippen molar-refractivity contribution in [2.24, 2.45) is 0 Å². The largest absolute Gasteiger partial charge is 0.448 e. The maximum absolute atomic E-state index is 12.5. The standard InChI is InChI=1S/C22H21N3O5/c26-19(14-25-21(27)28-20(24-25)15-7-3-1-4-8-15)23-16-9-10-17-18(13-16)30-22(29-17)11-5-2-6-12-22/h1,3-4,7-10,13H,2,5-6,11-12,14H2,(H,23,26). The molecule has 1 aromatic heterocycles. The van der Waals surface area contributed by atoms with Crippen LogP contribution in [0, 0.1) is 0 Å². The van der Waals surface area contributed by atoms with Crippen LogP contribution in [0.3, 0.4) is 0 Å². The van der Waals surface area contributed by atoms with Gasteiger partial charge in [-0.25, -0.2) is 4.79 Å². The first kappa shape index (κ1) is 18.5. The van der Waals surface area contributed by atoms with Crippen molar-refractivity contribution in [2.45, 2.75) is 44.4 Å². The van der Waals surface area contributed by atoms with Crippen molar-refractivity contribution in [1.29, 1.82) is 0 Å². The SMILES string of the molecule is O=C(Cn1nc(-c2ccccc2)oc1=O)Nc1ccc2c(c1)OC1(CCCCC1)O2. The summed E-state index contributed by atoms with van der Waals surface area (Å²) in [4.78, 5) is 24.5. The number of rotatable bonds is 4. The molecule has 1 aliphatic carbocycles. The second kappa shape index (κ2) is 7.37. The first-order chi connectivity index (χ1) is 14.6. The first-order valence-electron chi connectivity index (χ1n) is 10.1. The fourth-order valence-corrected chi connectivity index (χ4v) is 3.91. The molecule has 0 unspecified atom stereocenters. The molecule has 2 aromatic carbocycles. The average Bonchev–Trinajstić information content (AvgIpc) is 3.28. The number of fused-ring (bicyclic) bond motifs is 1. The van der Waals surface area contributed by atoms with Crippen LogP contribution in [0.15, 0.2) is 57.7 Å². The molecule has 1 saturated carbocycles. The Morgan fingerprint density at radius 3 is 2.60 bits per heavy atom. The van der Waals surface area contributed by atoms with Crippen LogP contribution in [0.25, 0.3) is 11.5 Å². The van der Waals surface area contributed by atoms with Gasteiger partial charge < -0.3 is 19.2 Å². The number of carbonyl (C=O) groups excluding carboxylic acids is 1. The van der Waals surface area contributed by atoms with Gasteiger partial charge in [-0.1, -0.05) is 24.6 Å². The van der Waals surface area contributed by atoms with Gasteiger partial charge in [-0.05, 0) is 37.1 Å². The van der Waals surface area contributed by atoms with Crippen LogP contribution in [-0.2, 0) is 11.3 Å². The van der Waals surface area contributed by atoms with Crippen molar-refractivity contribution in [1.82, 2.24) is 9.78 Å². The lowest BCUT2D eigenvalue weighted by Gasteiger charge is -2.31. The molecule has 1 spiro atoms. The van der Waals surface area contributed by atoms with Crippen LogP contribution >= 0.6 is 0 Å². The highest BCUT2D eigenvalue weighted by Crippen LogP contribution is 2.46. The van der Waals surface area contributed by atoms with E-state index in [0.29, 0.717) is 22.7 Å². The van der Waals surface area contributed by atoms with E-state index >= 15 is 0 Å². The molecule has 154 valence electrons. The van der Waals surface area contributed by atoms with Gasteiger partial charge in [0.1, 0.15) is 6.54 Å². The quantitative estimate of drug-likeness (QED) is 0.710. The Morgan fingerprint density at radius 1 is 1.03 bits per heavy atom. The van der Waals surface area contributed by atoms with E-state index in [1.807, 2.05) is 18.2 Å². The van der Waals surface area contributed by atoms with Gasteiger partial charge in [0.05, 0.1) is 0 Å². The van der Waals surface area contributed by atoms with Gasteiger partial charge in [0.15, 0.2) is 11.5 Å². The van der Waals surface area contributed by atoms with Crippen molar-refractivity contribution >= 4 is 11.6 Å². The molecule has 0 saturated heterocycles. The minimum atomic E-state index is -0.686. The first-order valence-corrected chi connectivity index (χ1v) is 10.1. The van der Waals surface area contributed by atoms with E-state index in [0.717, 1.165) is 30.4 Å². The Kier molecular flexibility index (Phi) is 4.54. The van der Waals surface area contributed by atoms with Crippen molar-refractivity contribution in [3.63, 3.8) is 0 Å². The molecule has 8 nitrogen and oxygen atoms in total. The number of aromatic nitrogens is 2. The minimum Gasteiger partial charge on any atom is -0.448 e. The number of hydrogen-bond acceptors (Lipinski definition) is 6. The molecule has 0 bridgehead atoms. The Bertz CT molecular complexity index is 1130. The fraction of sp³-hybridized carbons (Fsp3) is 0.318. The van der Waals surface area contributed by atoms with Gasteiger partial charge in [0.2, 0.25) is 11.8 Å². The molecule has 1 fully saturated rings. The summed E-state index contributed by atoms with van der Waals surface area (Å²) in [6, 6.07) is 14.3. The predicted molar refractivity (Wildman–Crippen MR) is 108 cm³/mol. The van der Waals surface area contributed by atoms with Crippen molar-refractivity contribution in [3.05, 3.63) is 59.1 Å². The molecule has 2 heterocycles. The fourth-order valence-electron chi connectivity index (χ4n) is 3.91. The summed E-state index contributed by atoms with van der Waals surface area (Å²) < 4.78 is 18.3. The maximum atomic E-state index is 12.5. The van der Waals surface area contributed by atoms with E-state index in [-0.39, 0.29) is 12.4 Å². The molecule has 0 atom stereocenters. The normalized spacial score (nSPS) is 16.5. The zero-order valence-corrected chi connectivity index (χ0v) is 16.3. The zero-order valence-electron chi connectivity index (χ0n) is 16.3. The van der Waals surface area contributed by atoms with E-state index in [9.17, 15) is 9.59 Å². The van der Waals surface area contributed by atoms with E-state index in [2.05, 4.69) is 10.4 Å². The summed E-state index contributed by atoms with van der Waals surface area (Å²) in [7, 11) is 0. The topological polar surface area (TPSA) is 95.6 Å². The van der Waals surface area contributed by atoms with Crippen LogP contribution in [0.2, 0.25) is 0 Å². The van der Waals surface area contributed by atoms with Crippen molar-refractivity contribution < 1.29 is 18.7 Å². The molecule has 1 N–H and O–H groups in total. The average molecular weight is 407 g/mol. The van der Waals surface area contributed by atoms with Crippen LogP contribution in [0.5, 0.6) is 11.5 Å². The second-order valence-corrected chi connectivity index (χ2v) is 7.58. The number of nitrogens with zero attached hydrogens (tertiary/aromatic N) is 2. The molecule has 1 amide bonds. The summed E-state index contributed by atoms with van der Waals surface area (Å²) >= 11 is 0. The van der Waals surface area contributed by atoms with E-state index in [1.165, 1.54) is 6.42 Å². The second-order valence-electron chi connectivity index (χ2n) is 7.58. The van der Waals surface area contributed by atoms with Crippen LogP contribution < -0.4 is 20.5 Å². The van der Waals surface area contributed by atoms with Gasteiger partial charge in [-0.3, -0.25) is 4.79 Å². The third-order valence-corrected chi connectivity index (χ3v) is 5.36. The van der Waals surface area contributed by atoms with E-state index in [4.69, 9.17) is 13.9 Å². The van der Waals surface area contributed by atoms with Crippen molar-refractivity contribution in [2.75, 3.05) is 5.32 Å². The monoisotopic (exact) mass is 407 g/mol. The lowest BCUT2D eigenvalue weighted by molar-refractivity contribution is -0.117. The summed E-state index contributed by atoms with van der Waals surface area (Å²) in [5, 5.41) is 6.88. The Labute approximate surface area is 172 Å². The number of amides is 1. The highest BCUT2D eigenvalue weighted by Gasteiger charge is 2.42. The number of benzene rings is 2. The number of anilines is 1. The highest BCUT2D eigenvalue weighted by molar-refractivity contribution is 5.90. The number of carbonyl (C=O) groups is 1. The van der Waals surface area contributed by atoms with Crippen LogP contribution in [-0.4, -0.2) is 21.5 Å². The van der Waals surface area contributed by atoms with Gasteiger partial charge in [0.25, 0.3) is 5.79 Å². The predicted octanol–water partition coefficient (Wildman–Crippen LogP) is 3.57. The summed E-state index contributed by atoms with van der Waals surface area (Å²) in [6.45, 7) is -0.256. The molecule has 8 heteroatoms. The smallest absolute Gasteiger partial charge is 0.437 e. The third kappa shape index (κ3) is 3.56. The molecule has 30 heavy (non-hydrogen) atoms. The van der Waals surface area contributed by atoms with E-state index in [1.54, 1.807) is 30.3 Å². The maximum Gasteiger partial charge on any atom is 0.437 e. The molecular weight excluding hydrogens is 386 g/mol. The molecule has 3 aromatic rings. The number of nitrogens with one attached hydrogen (secondary N) is 1. The van der Waals surface area contributed by atoms with Gasteiger partial charge in [0, 0.05) is 30.2 Å². The molecule has 2 aliphatic rings. The molecule has 0 radical (unpaired) electrons. The lowest BCUT2D eigenvalue weighted by Crippen LogP contribution is -2.40. The van der Waals surface area contributed by atoms with Gasteiger partial charge >= 0.3 is 5.76 Å². The summed E-state index contributed by atoms with van der Waals surface area (Å²) in [5.41, 5.74) is 1.23. The van der Waals surface area contributed by atoms with Crippen LogP contribution in [0.4, 0.5) is 5.69 Å². The van der Waals surface area contributed by atoms with E-state index < -0.39 is 17.5 Å². The van der Waals surface area contributed by atoms with Gasteiger partial charge in [-0.2, -0.15) is 4.68 Å². The van der Waals surface area contributed by atoms with Crippen LogP contribution in [0.1, 0.15) is 32.1 Å². The Balaban J connectivity index is 1.27. The Morgan fingerprint density at radius 2 is 1.80 bits per heavy atom. The molecule has 1 aliphatic heterocycles. The van der Waals surface area contributed by atoms with Gasteiger partial charge in [-0.15, -0.1) is 5.10 Å². The molecular formula is C22H21N3O5. The lowest BCUT2D eigenvalue weighted by atomic mass is 9.94. The third-order valence-electron chi connectivity index (χ3n) is 5.36. The zero-order chi connectivity index (χ0) is 20.6.